The summed E-state index contributed by atoms with van der Waals surface area (Å²) in [5.41, 5.74) is 2.63. The van der Waals surface area contributed by atoms with Crippen LogP contribution in [-0.4, -0.2) is 20.0 Å². The average Bonchev–Trinajstić information content (AvgIpc) is 2.46. The molecule has 19 heavy (non-hydrogen) atoms. The van der Waals surface area contributed by atoms with E-state index in [9.17, 15) is 4.79 Å². The van der Waals surface area contributed by atoms with Gasteiger partial charge in [0.05, 0.1) is 14.2 Å². The lowest BCUT2D eigenvalue weighted by molar-refractivity contribution is 0.101. The molecule has 2 rings (SSSR count). The minimum absolute atomic E-state index is 0.0594. The standard InChI is InChI=1S/C16H16O3/c1-11(17)12-4-6-13(7-5-12)15-10-14(18-2)8-9-16(15)19-3/h4-10H,1-3H3. The first-order chi connectivity index (χ1) is 9.15. The maximum absolute atomic E-state index is 11.3. The summed E-state index contributed by atoms with van der Waals surface area (Å²) >= 11 is 0. The van der Waals surface area contributed by atoms with E-state index in [0.29, 0.717) is 5.56 Å². The Morgan fingerprint density at radius 1 is 0.947 bits per heavy atom. The fourth-order valence-corrected chi connectivity index (χ4v) is 1.92. The number of hydrogen-bond donors (Lipinski definition) is 0. The molecule has 0 bridgehead atoms. The van der Waals surface area contributed by atoms with E-state index >= 15 is 0 Å². The Kier molecular flexibility index (Phi) is 3.85. The van der Waals surface area contributed by atoms with Crippen molar-refractivity contribution < 1.29 is 14.3 Å². The number of ether oxygens (including phenoxy) is 2. The van der Waals surface area contributed by atoms with Gasteiger partial charge in [0.2, 0.25) is 0 Å². The van der Waals surface area contributed by atoms with Gasteiger partial charge < -0.3 is 9.47 Å². The zero-order valence-corrected chi connectivity index (χ0v) is 11.3. The minimum atomic E-state index is 0.0594. The summed E-state index contributed by atoms with van der Waals surface area (Å²) in [7, 11) is 3.26. The molecule has 0 fully saturated rings. The van der Waals surface area contributed by atoms with Gasteiger partial charge in [0.15, 0.2) is 5.78 Å². The maximum Gasteiger partial charge on any atom is 0.159 e. The number of carbonyl (C=O) groups is 1. The van der Waals surface area contributed by atoms with E-state index in [2.05, 4.69) is 0 Å². The van der Waals surface area contributed by atoms with Crippen LogP contribution in [0.5, 0.6) is 11.5 Å². The molecule has 0 radical (unpaired) electrons. The minimum Gasteiger partial charge on any atom is -0.497 e. The van der Waals surface area contributed by atoms with Crippen molar-refractivity contribution in [2.24, 2.45) is 0 Å². The molecule has 0 N–H and O–H groups in total. The summed E-state index contributed by atoms with van der Waals surface area (Å²) in [6, 6.07) is 13.1. The summed E-state index contributed by atoms with van der Waals surface area (Å²) in [6.45, 7) is 1.56. The molecule has 3 nitrogen and oxygen atoms in total. The smallest absolute Gasteiger partial charge is 0.159 e. The van der Waals surface area contributed by atoms with Crippen LogP contribution in [0.15, 0.2) is 42.5 Å². The molecule has 2 aromatic carbocycles. The maximum atomic E-state index is 11.3. The van der Waals surface area contributed by atoms with E-state index in [4.69, 9.17) is 9.47 Å². The number of benzene rings is 2. The zero-order chi connectivity index (χ0) is 13.8. The van der Waals surface area contributed by atoms with Crippen molar-refractivity contribution in [2.75, 3.05) is 14.2 Å². The van der Waals surface area contributed by atoms with Gasteiger partial charge in [-0.05, 0) is 30.7 Å². The van der Waals surface area contributed by atoms with Crippen LogP contribution in [0, 0.1) is 0 Å². The van der Waals surface area contributed by atoms with Crippen molar-refractivity contribution in [2.45, 2.75) is 6.92 Å². The van der Waals surface area contributed by atoms with Crippen molar-refractivity contribution in [3.8, 4) is 22.6 Å². The summed E-state index contributed by atoms with van der Waals surface area (Å²) in [6.07, 6.45) is 0. The number of rotatable bonds is 4. The molecule has 0 aliphatic carbocycles. The second-order valence-corrected chi connectivity index (χ2v) is 4.20. The topological polar surface area (TPSA) is 35.5 Å². The predicted molar refractivity (Wildman–Crippen MR) is 75.0 cm³/mol. The second-order valence-electron chi connectivity index (χ2n) is 4.20. The van der Waals surface area contributed by atoms with Crippen LogP contribution >= 0.6 is 0 Å². The van der Waals surface area contributed by atoms with Crippen molar-refractivity contribution in [3.63, 3.8) is 0 Å². The summed E-state index contributed by atoms with van der Waals surface area (Å²) < 4.78 is 10.6. The van der Waals surface area contributed by atoms with E-state index in [1.54, 1.807) is 21.1 Å². The number of Topliss-reactive ketones (excluding diaryl/α,β-unsaturated/α-hetero) is 1. The molecule has 0 spiro atoms. The van der Waals surface area contributed by atoms with E-state index in [0.717, 1.165) is 22.6 Å². The highest BCUT2D eigenvalue weighted by Gasteiger charge is 2.08. The first-order valence-corrected chi connectivity index (χ1v) is 5.99. The van der Waals surface area contributed by atoms with Crippen molar-refractivity contribution in [1.82, 2.24) is 0 Å². The molecule has 0 unspecified atom stereocenters. The number of methoxy groups -OCH3 is 2. The Bertz CT molecular complexity index is 585. The molecule has 98 valence electrons. The second kappa shape index (κ2) is 5.57. The highest BCUT2D eigenvalue weighted by Crippen LogP contribution is 2.33. The Labute approximate surface area is 112 Å². The van der Waals surface area contributed by atoms with Crippen LogP contribution < -0.4 is 9.47 Å². The van der Waals surface area contributed by atoms with Crippen LogP contribution in [0.2, 0.25) is 0 Å². The van der Waals surface area contributed by atoms with Gasteiger partial charge in [-0.2, -0.15) is 0 Å². The van der Waals surface area contributed by atoms with Gasteiger partial charge in [-0.15, -0.1) is 0 Å². The molecule has 0 heterocycles. The summed E-state index contributed by atoms with van der Waals surface area (Å²) in [5, 5.41) is 0. The largest absolute Gasteiger partial charge is 0.497 e. The summed E-state index contributed by atoms with van der Waals surface area (Å²) in [5.74, 6) is 1.60. The van der Waals surface area contributed by atoms with Gasteiger partial charge in [0.25, 0.3) is 0 Å². The van der Waals surface area contributed by atoms with Gasteiger partial charge in [0, 0.05) is 11.1 Å². The van der Waals surface area contributed by atoms with Crippen LogP contribution in [0.4, 0.5) is 0 Å². The highest BCUT2D eigenvalue weighted by atomic mass is 16.5. The van der Waals surface area contributed by atoms with Crippen molar-refractivity contribution in [3.05, 3.63) is 48.0 Å². The first-order valence-electron chi connectivity index (χ1n) is 5.99. The van der Waals surface area contributed by atoms with E-state index in [-0.39, 0.29) is 5.78 Å². The molecule has 3 heteroatoms. The summed E-state index contributed by atoms with van der Waals surface area (Å²) in [4.78, 5) is 11.3. The fourth-order valence-electron chi connectivity index (χ4n) is 1.92. The van der Waals surface area contributed by atoms with Crippen LogP contribution in [0.1, 0.15) is 17.3 Å². The Hall–Kier alpha value is -2.29. The molecule has 0 aliphatic rings. The third-order valence-corrected chi connectivity index (χ3v) is 3.01. The van der Waals surface area contributed by atoms with Crippen molar-refractivity contribution >= 4 is 5.78 Å². The quantitative estimate of drug-likeness (QED) is 0.784. The van der Waals surface area contributed by atoms with Crippen LogP contribution in [-0.2, 0) is 0 Å². The Balaban J connectivity index is 2.47. The monoisotopic (exact) mass is 256 g/mol. The number of hydrogen-bond acceptors (Lipinski definition) is 3. The molecular formula is C16H16O3. The lowest BCUT2D eigenvalue weighted by atomic mass is 10.0. The highest BCUT2D eigenvalue weighted by molar-refractivity contribution is 5.94. The van der Waals surface area contributed by atoms with Crippen LogP contribution in [0.3, 0.4) is 0 Å². The zero-order valence-electron chi connectivity index (χ0n) is 11.3. The first kappa shape index (κ1) is 13.1. The molecule has 0 saturated carbocycles. The normalized spacial score (nSPS) is 10.1. The lowest BCUT2D eigenvalue weighted by Gasteiger charge is -2.11. The average molecular weight is 256 g/mol. The molecular weight excluding hydrogens is 240 g/mol. The molecule has 0 amide bonds. The molecule has 0 aliphatic heterocycles. The Morgan fingerprint density at radius 2 is 1.63 bits per heavy atom. The van der Waals surface area contributed by atoms with Gasteiger partial charge in [-0.25, -0.2) is 0 Å². The molecule has 0 saturated heterocycles. The van der Waals surface area contributed by atoms with Crippen molar-refractivity contribution in [1.29, 1.82) is 0 Å². The van der Waals surface area contributed by atoms with E-state index in [1.807, 2.05) is 42.5 Å². The molecule has 2 aromatic rings. The van der Waals surface area contributed by atoms with Gasteiger partial charge in [0.1, 0.15) is 11.5 Å². The predicted octanol–water partition coefficient (Wildman–Crippen LogP) is 3.57. The number of ketones is 1. The lowest BCUT2D eigenvalue weighted by Crippen LogP contribution is -1.93. The molecule has 0 atom stereocenters. The number of carbonyl (C=O) groups excluding carboxylic acids is 1. The third-order valence-electron chi connectivity index (χ3n) is 3.01. The van der Waals surface area contributed by atoms with E-state index < -0.39 is 0 Å². The van der Waals surface area contributed by atoms with Gasteiger partial charge in [-0.1, -0.05) is 24.3 Å². The Morgan fingerprint density at radius 3 is 2.16 bits per heavy atom. The fraction of sp³-hybridized carbons (Fsp3) is 0.188. The van der Waals surface area contributed by atoms with Gasteiger partial charge >= 0.3 is 0 Å². The van der Waals surface area contributed by atoms with E-state index in [1.165, 1.54) is 0 Å². The van der Waals surface area contributed by atoms with Gasteiger partial charge in [-0.3, -0.25) is 4.79 Å². The molecule has 0 aromatic heterocycles. The SMILES string of the molecule is COc1ccc(OC)c(-c2ccc(C(C)=O)cc2)c1. The third kappa shape index (κ3) is 2.76. The van der Waals surface area contributed by atoms with Crippen LogP contribution in [0.25, 0.3) is 11.1 Å².